The number of aliphatic imine (C=N–C) groups is 2. The number of allylic oxidation sites excluding steroid dienone is 1. The second-order valence-corrected chi connectivity index (χ2v) is 3.21. The van der Waals surface area contributed by atoms with Crippen LogP contribution in [0.15, 0.2) is 21.8 Å². The SMILES string of the molecule is CC=NC(C)(C)/C=C(/N)C(F)=NCF. The molecular formula is C9H15F2N3. The molecule has 0 fully saturated rings. The zero-order chi connectivity index (χ0) is 11.2. The van der Waals surface area contributed by atoms with Gasteiger partial charge in [-0.2, -0.15) is 4.39 Å². The van der Waals surface area contributed by atoms with Crippen LogP contribution in [0.3, 0.4) is 0 Å². The fourth-order valence-electron chi connectivity index (χ4n) is 0.954. The standard InChI is InChI=1S/C9H15F2N3/c1-4-14-9(2,3)5-7(12)8(11)13-6-10/h4-5H,6,12H2,1-3H3/b7-5+,13-8?,14-4?. The molecule has 3 nitrogen and oxygen atoms in total. The largest absolute Gasteiger partial charge is 0.395 e. The lowest BCUT2D eigenvalue weighted by Gasteiger charge is -2.14. The summed E-state index contributed by atoms with van der Waals surface area (Å²) in [5.41, 5.74) is 4.53. The molecule has 0 aliphatic carbocycles. The van der Waals surface area contributed by atoms with Crippen LogP contribution >= 0.6 is 0 Å². The van der Waals surface area contributed by atoms with Gasteiger partial charge in [0.05, 0.1) is 11.2 Å². The fourth-order valence-corrected chi connectivity index (χ4v) is 0.954. The summed E-state index contributed by atoms with van der Waals surface area (Å²) in [6, 6.07) is 0. The Morgan fingerprint density at radius 2 is 2.07 bits per heavy atom. The molecule has 0 aromatic rings. The Morgan fingerprint density at radius 3 is 2.50 bits per heavy atom. The first-order chi connectivity index (χ1) is 6.43. The molecule has 2 N–H and O–H groups in total. The van der Waals surface area contributed by atoms with Crippen molar-refractivity contribution in [2.24, 2.45) is 15.7 Å². The van der Waals surface area contributed by atoms with Crippen LogP contribution in [0.1, 0.15) is 20.8 Å². The van der Waals surface area contributed by atoms with E-state index in [4.69, 9.17) is 5.73 Å². The summed E-state index contributed by atoms with van der Waals surface area (Å²) in [7, 11) is 0. The highest BCUT2D eigenvalue weighted by molar-refractivity contribution is 5.91. The van der Waals surface area contributed by atoms with Crippen molar-refractivity contribution in [2.75, 3.05) is 6.80 Å². The van der Waals surface area contributed by atoms with Crippen molar-refractivity contribution in [3.8, 4) is 0 Å². The third kappa shape index (κ3) is 4.69. The molecule has 0 saturated carbocycles. The van der Waals surface area contributed by atoms with E-state index in [1.165, 1.54) is 6.08 Å². The van der Waals surface area contributed by atoms with E-state index in [2.05, 4.69) is 9.98 Å². The van der Waals surface area contributed by atoms with Crippen molar-refractivity contribution < 1.29 is 8.78 Å². The highest BCUT2D eigenvalue weighted by Gasteiger charge is 2.13. The zero-order valence-corrected chi connectivity index (χ0v) is 8.59. The molecule has 0 heterocycles. The van der Waals surface area contributed by atoms with Gasteiger partial charge in [0.25, 0.3) is 0 Å². The summed E-state index contributed by atoms with van der Waals surface area (Å²) in [6.45, 7) is 4.14. The third-order valence-corrected chi connectivity index (χ3v) is 1.41. The number of alkyl halides is 1. The molecule has 0 radical (unpaired) electrons. The number of halogens is 2. The average molecular weight is 203 g/mol. The molecule has 0 bridgehead atoms. The summed E-state index contributed by atoms with van der Waals surface area (Å²) in [4.78, 5) is 6.95. The van der Waals surface area contributed by atoms with Crippen LogP contribution in [-0.4, -0.2) is 24.5 Å². The van der Waals surface area contributed by atoms with Gasteiger partial charge in [-0.25, -0.2) is 9.38 Å². The van der Waals surface area contributed by atoms with Crippen molar-refractivity contribution in [1.82, 2.24) is 0 Å². The first-order valence-electron chi connectivity index (χ1n) is 4.17. The lowest BCUT2D eigenvalue weighted by atomic mass is 10.1. The van der Waals surface area contributed by atoms with E-state index in [0.717, 1.165) is 0 Å². The number of rotatable bonds is 4. The summed E-state index contributed by atoms with van der Waals surface area (Å²) < 4.78 is 24.5. The number of hydrogen-bond acceptors (Lipinski definition) is 3. The molecule has 0 aromatic heterocycles. The van der Waals surface area contributed by atoms with Crippen molar-refractivity contribution in [3.05, 3.63) is 11.8 Å². The highest BCUT2D eigenvalue weighted by atomic mass is 19.1. The normalized spacial score (nSPS) is 15.2. The first kappa shape index (κ1) is 12.7. The first-order valence-corrected chi connectivity index (χ1v) is 4.17. The maximum absolute atomic E-state index is 12.8. The lowest BCUT2D eigenvalue weighted by Crippen LogP contribution is -2.18. The van der Waals surface area contributed by atoms with Gasteiger partial charge in [-0.15, -0.1) is 0 Å². The Labute approximate surface area is 82.4 Å². The third-order valence-electron chi connectivity index (χ3n) is 1.41. The van der Waals surface area contributed by atoms with E-state index < -0.39 is 18.3 Å². The van der Waals surface area contributed by atoms with E-state index in [0.29, 0.717) is 0 Å². The monoisotopic (exact) mass is 203 g/mol. The second kappa shape index (κ2) is 5.47. The van der Waals surface area contributed by atoms with Gasteiger partial charge in [0.2, 0.25) is 5.97 Å². The van der Waals surface area contributed by atoms with E-state index in [1.54, 1.807) is 27.0 Å². The van der Waals surface area contributed by atoms with Crippen LogP contribution in [0.4, 0.5) is 8.78 Å². The quantitative estimate of drug-likeness (QED) is 0.551. The molecule has 0 atom stereocenters. The molecule has 0 unspecified atom stereocenters. The predicted molar refractivity (Wildman–Crippen MR) is 55.0 cm³/mol. The number of nitrogens with two attached hydrogens (primary N) is 1. The summed E-state index contributed by atoms with van der Waals surface area (Å²) in [5, 5.41) is 0. The molecule has 0 spiro atoms. The van der Waals surface area contributed by atoms with Gasteiger partial charge in [-0.3, -0.25) is 4.99 Å². The summed E-state index contributed by atoms with van der Waals surface area (Å²) in [5.74, 6) is -0.994. The van der Waals surface area contributed by atoms with E-state index in [1.807, 2.05) is 0 Å². The number of hydrogen-bond donors (Lipinski definition) is 1. The second-order valence-electron chi connectivity index (χ2n) is 3.21. The van der Waals surface area contributed by atoms with Crippen LogP contribution in [-0.2, 0) is 0 Å². The Balaban J connectivity index is 4.74. The topological polar surface area (TPSA) is 50.7 Å². The highest BCUT2D eigenvalue weighted by Crippen LogP contribution is 2.12. The lowest BCUT2D eigenvalue weighted by molar-refractivity contribution is 0.507. The average Bonchev–Trinajstić information content (AvgIpc) is 2.03. The van der Waals surface area contributed by atoms with Gasteiger partial charge >= 0.3 is 0 Å². The zero-order valence-electron chi connectivity index (χ0n) is 8.59. The van der Waals surface area contributed by atoms with Crippen LogP contribution in [0, 0.1) is 0 Å². The van der Waals surface area contributed by atoms with Gasteiger partial charge in [-0.05, 0) is 33.1 Å². The molecule has 0 aromatic carbocycles. The van der Waals surface area contributed by atoms with Crippen LogP contribution in [0.5, 0.6) is 0 Å². The molecule has 80 valence electrons. The van der Waals surface area contributed by atoms with E-state index in [9.17, 15) is 8.78 Å². The van der Waals surface area contributed by atoms with E-state index >= 15 is 0 Å². The van der Waals surface area contributed by atoms with Gasteiger partial charge in [0.1, 0.15) is 0 Å². The van der Waals surface area contributed by atoms with Crippen molar-refractivity contribution in [2.45, 2.75) is 26.3 Å². The van der Waals surface area contributed by atoms with Crippen molar-refractivity contribution >= 4 is 12.2 Å². The summed E-state index contributed by atoms with van der Waals surface area (Å²) in [6.07, 6.45) is 2.98. The molecule has 0 aliphatic rings. The molecule has 14 heavy (non-hydrogen) atoms. The molecule has 0 amide bonds. The van der Waals surface area contributed by atoms with Crippen molar-refractivity contribution in [1.29, 1.82) is 0 Å². The Bertz CT molecular complexity index is 267. The molecule has 0 saturated heterocycles. The molecular weight excluding hydrogens is 188 g/mol. The summed E-state index contributed by atoms with van der Waals surface area (Å²) >= 11 is 0. The maximum Gasteiger partial charge on any atom is 0.233 e. The smallest absolute Gasteiger partial charge is 0.233 e. The maximum atomic E-state index is 12.8. The minimum atomic E-state index is -1.11. The Hall–Kier alpha value is -1.26. The fraction of sp³-hybridized carbons (Fsp3) is 0.556. The van der Waals surface area contributed by atoms with Crippen LogP contribution in [0.2, 0.25) is 0 Å². The molecule has 0 rings (SSSR count). The molecule has 0 aliphatic heterocycles. The van der Waals surface area contributed by atoms with Crippen molar-refractivity contribution in [3.63, 3.8) is 0 Å². The number of nitrogens with zero attached hydrogens (tertiary/aromatic N) is 2. The van der Waals surface area contributed by atoms with Crippen LogP contribution in [0.25, 0.3) is 0 Å². The Morgan fingerprint density at radius 1 is 1.50 bits per heavy atom. The minimum absolute atomic E-state index is 0.196. The van der Waals surface area contributed by atoms with Gasteiger partial charge in [0.15, 0.2) is 6.80 Å². The predicted octanol–water partition coefficient (Wildman–Crippen LogP) is 1.99. The van der Waals surface area contributed by atoms with Gasteiger partial charge in [-0.1, -0.05) is 0 Å². The van der Waals surface area contributed by atoms with Crippen LogP contribution < -0.4 is 5.73 Å². The van der Waals surface area contributed by atoms with Gasteiger partial charge in [0, 0.05) is 0 Å². The Kier molecular flexibility index (Phi) is 4.97. The molecule has 5 heteroatoms. The van der Waals surface area contributed by atoms with E-state index in [-0.39, 0.29) is 5.70 Å². The van der Waals surface area contributed by atoms with Gasteiger partial charge < -0.3 is 5.73 Å². The minimum Gasteiger partial charge on any atom is -0.395 e.